The molecule has 17 heavy (non-hydrogen) atoms. The van der Waals surface area contributed by atoms with Gasteiger partial charge in [-0.15, -0.1) is 0 Å². The number of likely N-dealkylation sites (tertiary alicyclic amines) is 2. The Morgan fingerprint density at radius 3 is 2.12 bits per heavy atom. The summed E-state index contributed by atoms with van der Waals surface area (Å²) in [7, 11) is 1.91. The number of nitrogens with zero attached hydrogens (tertiary/aromatic N) is 2. The average molecular weight is 240 g/mol. The van der Waals surface area contributed by atoms with Crippen LogP contribution in [0.5, 0.6) is 0 Å². The summed E-state index contributed by atoms with van der Waals surface area (Å²) in [6.07, 6.45) is 6.57. The number of methoxy groups -OCH3 is 1. The van der Waals surface area contributed by atoms with E-state index >= 15 is 0 Å². The van der Waals surface area contributed by atoms with Gasteiger partial charge in [-0.3, -0.25) is 0 Å². The van der Waals surface area contributed by atoms with Gasteiger partial charge >= 0.3 is 0 Å². The molecule has 100 valence electrons. The van der Waals surface area contributed by atoms with Gasteiger partial charge in [0.15, 0.2) is 0 Å². The molecule has 0 aromatic heterocycles. The topological polar surface area (TPSA) is 15.7 Å². The first-order valence-electron chi connectivity index (χ1n) is 7.28. The molecule has 2 rings (SSSR count). The van der Waals surface area contributed by atoms with Gasteiger partial charge < -0.3 is 14.5 Å². The predicted octanol–water partition coefficient (Wildman–Crippen LogP) is 1.97. The van der Waals surface area contributed by atoms with Crippen LogP contribution in [0.15, 0.2) is 0 Å². The number of rotatable bonds is 4. The number of ether oxygens (including phenoxy) is 1. The molecule has 2 saturated heterocycles. The molecule has 0 aromatic carbocycles. The van der Waals surface area contributed by atoms with Crippen LogP contribution in [0.25, 0.3) is 0 Å². The van der Waals surface area contributed by atoms with Crippen LogP contribution in [0, 0.1) is 0 Å². The monoisotopic (exact) mass is 240 g/mol. The first-order valence-corrected chi connectivity index (χ1v) is 7.28. The van der Waals surface area contributed by atoms with Crippen LogP contribution >= 0.6 is 0 Å². The smallest absolute Gasteiger partial charge is 0.0829 e. The average Bonchev–Trinajstić information content (AvgIpc) is 2.41. The van der Waals surface area contributed by atoms with Crippen molar-refractivity contribution in [2.45, 2.75) is 44.6 Å². The molecule has 0 aliphatic carbocycles. The zero-order valence-electron chi connectivity index (χ0n) is 11.6. The fraction of sp³-hybridized carbons (Fsp3) is 1.00. The van der Waals surface area contributed by atoms with Crippen molar-refractivity contribution in [3.8, 4) is 0 Å². The van der Waals surface area contributed by atoms with E-state index < -0.39 is 0 Å². The van der Waals surface area contributed by atoms with E-state index in [0.717, 1.165) is 6.54 Å². The fourth-order valence-electron chi connectivity index (χ4n) is 3.23. The number of piperidine rings is 2. The Morgan fingerprint density at radius 2 is 1.59 bits per heavy atom. The number of hydrogen-bond donors (Lipinski definition) is 0. The molecule has 3 heteroatoms. The van der Waals surface area contributed by atoms with Crippen molar-refractivity contribution in [3.63, 3.8) is 0 Å². The maximum Gasteiger partial charge on any atom is 0.0829 e. The lowest BCUT2D eigenvalue weighted by atomic mass is 9.89. The van der Waals surface area contributed by atoms with Crippen molar-refractivity contribution in [2.75, 3.05) is 46.4 Å². The highest BCUT2D eigenvalue weighted by Crippen LogP contribution is 2.27. The van der Waals surface area contributed by atoms with Gasteiger partial charge in [-0.1, -0.05) is 13.3 Å². The van der Waals surface area contributed by atoms with Gasteiger partial charge in [0.25, 0.3) is 0 Å². The maximum absolute atomic E-state index is 5.91. The summed E-state index contributed by atoms with van der Waals surface area (Å²) in [4.78, 5) is 5.15. The first kappa shape index (κ1) is 13.3. The van der Waals surface area contributed by atoms with Crippen LogP contribution in [0.1, 0.15) is 39.0 Å². The fourth-order valence-corrected chi connectivity index (χ4v) is 3.23. The molecule has 0 atom stereocenters. The Balaban J connectivity index is 1.86. The lowest BCUT2D eigenvalue weighted by Crippen LogP contribution is -2.52. The molecule has 2 heterocycles. The summed E-state index contributed by atoms with van der Waals surface area (Å²) < 4.78 is 5.91. The normalized spacial score (nSPS) is 27.2. The van der Waals surface area contributed by atoms with Crippen LogP contribution in [-0.2, 0) is 4.74 Å². The van der Waals surface area contributed by atoms with E-state index in [1.165, 1.54) is 64.8 Å². The molecule has 0 spiro atoms. The summed E-state index contributed by atoms with van der Waals surface area (Å²) in [5.41, 5.74) is 0.142. The van der Waals surface area contributed by atoms with E-state index in [-0.39, 0.29) is 5.60 Å². The molecular formula is C14H28N2O. The Hall–Kier alpha value is -0.120. The predicted molar refractivity (Wildman–Crippen MR) is 71.4 cm³/mol. The van der Waals surface area contributed by atoms with Crippen molar-refractivity contribution in [2.24, 2.45) is 0 Å². The lowest BCUT2D eigenvalue weighted by Gasteiger charge is -2.44. The molecule has 0 N–H and O–H groups in total. The largest absolute Gasteiger partial charge is 0.377 e. The van der Waals surface area contributed by atoms with Crippen molar-refractivity contribution in [1.29, 1.82) is 0 Å². The Kier molecular flexibility index (Phi) is 4.83. The van der Waals surface area contributed by atoms with Crippen LogP contribution in [0.2, 0.25) is 0 Å². The molecule has 0 bridgehead atoms. The van der Waals surface area contributed by atoms with Crippen LogP contribution < -0.4 is 0 Å². The van der Waals surface area contributed by atoms with E-state index in [9.17, 15) is 0 Å². The first-order chi connectivity index (χ1) is 8.28. The van der Waals surface area contributed by atoms with Crippen LogP contribution in [0.3, 0.4) is 0 Å². The second-order valence-electron chi connectivity index (χ2n) is 5.66. The van der Waals surface area contributed by atoms with Crippen LogP contribution in [-0.4, -0.2) is 61.8 Å². The SMILES string of the molecule is CCN1CCC(CN2CCCCC2)(OC)CC1. The molecular weight excluding hydrogens is 212 g/mol. The minimum atomic E-state index is 0.142. The Labute approximate surface area is 106 Å². The lowest BCUT2D eigenvalue weighted by molar-refractivity contribution is -0.0778. The van der Waals surface area contributed by atoms with E-state index in [1.54, 1.807) is 0 Å². The van der Waals surface area contributed by atoms with Gasteiger partial charge in [0.1, 0.15) is 0 Å². The second-order valence-corrected chi connectivity index (χ2v) is 5.66. The highest BCUT2D eigenvalue weighted by molar-refractivity contribution is 4.90. The highest BCUT2D eigenvalue weighted by atomic mass is 16.5. The van der Waals surface area contributed by atoms with Crippen LogP contribution in [0.4, 0.5) is 0 Å². The van der Waals surface area contributed by atoms with Gasteiger partial charge in [-0.2, -0.15) is 0 Å². The standard InChI is InChI=1S/C14H28N2O/c1-3-15-11-7-14(17-2,8-12-15)13-16-9-5-4-6-10-16/h3-13H2,1-2H3. The molecule has 2 aliphatic rings. The minimum Gasteiger partial charge on any atom is -0.377 e. The summed E-state index contributed by atoms with van der Waals surface area (Å²) in [5.74, 6) is 0. The molecule has 2 fully saturated rings. The van der Waals surface area contributed by atoms with Crippen molar-refractivity contribution in [1.82, 2.24) is 9.80 Å². The second kappa shape index (κ2) is 6.17. The van der Waals surface area contributed by atoms with Gasteiger partial charge in [-0.05, 0) is 45.3 Å². The van der Waals surface area contributed by atoms with E-state index in [2.05, 4.69) is 16.7 Å². The van der Waals surface area contributed by atoms with E-state index in [4.69, 9.17) is 4.74 Å². The quantitative estimate of drug-likeness (QED) is 0.747. The van der Waals surface area contributed by atoms with Gasteiger partial charge in [0, 0.05) is 26.7 Å². The minimum absolute atomic E-state index is 0.142. The summed E-state index contributed by atoms with van der Waals surface area (Å²) in [5, 5.41) is 0. The molecule has 3 nitrogen and oxygen atoms in total. The third-order valence-electron chi connectivity index (χ3n) is 4.61. The van der Waals surface area contributed by atoms with Crippen molar-refractivity contribution in [3.05, 3.63) is 0 Å². The summed E-state index contributed by atoms with van der Waals surface area (Å²) in [6, 6.07) is 0. The van der Waals surface area contributed by atoms with E-state index in [1.807, 2.05) is 7.11 Å². The Morgan fingerprint density at radius 1 is 0.941 bits per heavy atom. The third kappa shape index (κ3) is 3.43. The molecule has 2 aliphatic heterocycles. The highest BCUT2D eigenvalue weighted by Gasteiger charge is 2.35. The molecule has 0 aromatic rings. The third-order valence-corrected chi connectivity index (χ3v) is 4.61. The summed E-state index contributed by atoms with van der Waals surface area (Å²) >= 11 is 0. The molecule has 0 amide bonds. The van der Waals surface area contributed by atoms with E-state index in [0.29, 0.717) is 0 Å². The van der Waals surface area contributed by atoms with Gasteiger partial charge in [-0.25, -0.2) is 0 Å². The van der Waals surface area contributed by atoms with Gasteiger partial charge in [0.05, 0.1) is 5.60 Å². The van der Waals surface area contributed by atoms with Crippen molar-refractivity contribution < 1.29 is 4.74 Å². The summed E-state index contributed by atoms with van der Waals surface area (Å²) in [6.45, 7) is 9.57. The Bertz CT molecular complexity index is 218. The number of hydrogen-bond acceptors (Lipinski definition) is 3. The zero-order valence-corrected chi connectivity index (χ0v) is 11.6. The molecule has 0 saturated carbocycles. The maximum atomic E-state index is 5.91. The molecule has 0 radical (unpaired) electrons. The van der Waals surface area contributed by atoms with Gasteiger partial charge in [0.2, 0.25) is 0 Å². The zero-order chi connectivity index (χ0) is 12.1. The molecule has 0 unspecified atom stereocenters. The van der Waals surface area contributed by atoms with Crippen molar-refractivity contribution >= 4 is 0 Å².